The molecule has 0 bridgehead atoms. The van der Waals surface area contributed by atoms with Crippen molar-refractivity contribution in [1.29, 1.82) is 0 Å². The number of aryl methyl sites for hydroxylation is 2. The number of ether oxygens (including phenoxy) is 1. The molecule has 1 aliphatic heterocycles. The summed E-state index contributed by atoms with van der Waals surface area (Å²) in [4.78, 5) is 14.4. The van der Waals surface area contributed by atoms with E-state index in [2.05, 4.69) is 12.2 Å². The van der Waals surface area contributed by atoms with Gasteiger partial charge in [0, 0.05) is 23.7 Å². The Labute approximate surface area is 157 Å². The molecule has 8 heteroatoms. The molecule has 1 saturated heterocycles. The Morgan fingerprint density at radius 2 is 2.00 bits per heavy atom. The van der Waals surface area contributed by atoms with Crippen LogP contribution in [0.3, 0.4) is 0 Å². The van der Waals surface area contributed by atoms with Gasteiger partial charge in [-0.3, -0.25) is 4.79 Å². The van der Waals surface area contributed by atoms with Gasteiger partial charge in [-0.2, -0.15) is 4.31 Å². The molecule has 0 unspecified atom stereocenters. The predicted molar refractivity (Wildman–Crippen MR) is 102 cm³/mol. The number of amides is 1. The molecule has 2 aromatic rings. The Bertz CT molecular complexity index is 900. The van der Waals surface area contributed by atoms with Crippen molar-refractivity contribution in [3.05, 3.63) is 45.6 Å². The molecule has 2 heterocycles. The first-order chi connectivity index (χ1) is 12.4. The third-order valence-corrected chi connectivity index (χ3v) is 7.31. The first-order valence-electron chi connectivity index (χ1n) is 8.50. The maximum absolute atomic E-state index is 12.7. The minimum absolute atomic E-state index is 0.175. The largest absolute Gasteiger partial charge is 0.379 e. The van der Waals surface area contributed by atoms with Crippen LogP contribution < -0.4 is 5.32 Å². The number of carbonyl (C=O) groups is 1. The van der Waals surface area contributed by atoms with Crippen LogP contribution in [0.5, 0.6) is 0 Å². The molecule has 140 valence electrons. The lowest BCUT2D eigenvalue weighted by atomic mass is 10.2. The molecule has 1 amide bonds. The lowest BCUT2D eigenvalue weighted by Gasteiger charge is -2.26. The Balaban J connectivity index is 1.79. The van der Waals surface area contributed by atoms with Crippen LogP contribution >= 0.6 is 11.3 Å². The van der Waals surface area contributed by atoms with Crippen molar-refractivity contribution in [2.45, 2.75) is 25.2 Å². The fourth-order valence-electron chi connectivity index (χ4n) is 2.85. The van der Waals surface area contributed by atoms with Gasteiger partial charge >= 0.3 is 0 Å². The summed E-state index contributed by atoms with van der Waals surface area (Å²) in [5, 5.41) is 2.80. The van der Waals surface area contributed by atoms with Crippen molar-refractivity contribution in [3.8, 4) is 0 Å². The molecular weight excluding hydrogens is 372 g/mol. The highest BCUT2D eigenvalue weighted by molar-refractivity contribution is 7.89. The number of rotatable bonds is 5. The average Bonchev–Trinajstić information content (AvgIpc) is 3.03. The molecule has 6 nitrogen and oxygen atoms in total. The molecule has 1 N–H and O–H groups in total. The Morgan fingerprint density at radius 1 is 1.27 bits per heavy atom. The van der Waals surface area contributed by atoms with Crippen molar-refractivity contribution in [2.24, 2.45) is 0 Å². The number of hydrogen-bond donors (Lipinski definition) is 1. The standard InChI is InChI=1S/C18H22N2O4S2/c1-3-14-11-17(25-13(14)2)18(21)19-15-5-4-6-16(12-15)26(22,23)20-7-9-24-10-8-20/h4-6,11-12H,3,7-10H2,1-2H3,(H,19,21). The van der Waals surface area contributed by atoms with E-state index in [4.69, 9.17) is 4.74 Å². The van der Waals surface area contributed by atoms with Gasteiger partial charge in [0.25, 0.3) is 5.91 Å². The third kappa shape index (κ3) is 3.98. The monoisotopic (exact) mass is 394 g/mol. The lowest BCUT2D eigenvalue weighted by Crippen LogP contribution is -2.40. The Kier molecular flexibility index (Phi) is 5.76. The van der Waals surface area contributed by atoms with Crippen molar-refractivity contribution in [3.63, 3.8) is 0 Å². The van der Waals surface area contributed by atoms with Crippen LogP contribution in [0.15, 0.2) is 35.2 Å². The molecule has 1 aromatic heterocycles. The first-order valence-corrected chi connectivity index (χ1v) is 10.8. The van der Waals surface area contributed by atoms with Gasteiger partial charge in [0.05, 0.1) is 23.0 Å². The molecule has 0 aliphatic carbocycles. The highest BCUT2D eigenvalue weighted by Crippen LogP contribution is 2.24. The number of nitrogens with one attached hydrogen (secondary N) is 1. The van der Waals surface area contributed by atoms with E-state index in [1.54, 1.807) is 18.2 Å². The van der Waals surface area contributed by atoms with Gasteiger partial charge in [0.15, 0.2) is 0 Å². The summed E-state index contributed by atoms with van der Waals surface area (Å²) in [7, 11) is -3.59. The summed E-state index contributed by atoms with van der Waals surface area (Å²) in [6.07, 6.45) is 0.878. The number of anilines is 1. The average molecular weight is 395 g/mol. The summed E-state index contributed by atoms with van der Waals surface area (Å²) in [5.74, 6) is -0.223. The fourth-order valence-corrected chi connectivity index (χ4v) is 5.31. The van der Waals surface area contributed by atoms with E-state index in [-0.39, 0.29) is 10.8 Å². The van der Waals surface area contributed by atoms with E-state index >= 15 is 0 Å². The van der Waals surface area contributed by atoms with Crippen LogP contribution in [0.1, 0.15) is 27.0 Å². The summed E-state index contributed by atoms with van der Waals surface area (Å²) in [5.41, 5.74) is 1.62. The first kappa shape index (κ1) is 19.0. The minimum Gasteiger partial charge on any atom is -0.379 e. The third-order valence-electron chi connectivity index (χ3n) is 4.33. The van der Waals surface area contributed by atoms with Crippen LogP contribution in [0, 0.1) is 6.92 Å². The second-order valence-electron chi connectivity index (χ2n) is 6.04. The summed E-state index contributed by atoms with van der Waals surface area (Å²) in [6, 6.07) is 8.27. The fraction of sp³-hybridized carbons (Fsp3) is 0.389. The van der Waals surface area contributed by atoms with Crippen molar-refractivity contribution in [2.75, 3.05) is 31.6 Å². The van der Waals surface area contributed by atoms with Gasteiger partial charge in [0.2, 0.25) is 10.0 Å². The molecule has 3 rings (SSSR count). The molecular formula is C18H22N2O4S2. The van der Waals surface area contributed by atoms with E-state index in [0.717, 1.165) is 16.9 Å². The molecule has 0 saturated carbocycles. The molecule has 1 fully saturated rings. The highest BCUT2D eigenvalue weighted by atomic mass is 32.2. The number of hydrogen-bond acceptors (Lipinski definition) is 5. The molecule has 0 spiro atoms. The minimum atomic E-state index is -3.59. The number of nitrogens with zero attached hydrogens (tertiary/aromatic N) is 1. The predicted octanol–water partition coefficient (Wildman–Crippen LogP) is 2.89. The smallest absolute Gasteiger partial charge is 0.265 e. The van der Waals surface area contributed by atoms with Crippen LogP contribution in [0.25, 0.3) is 0 Å². The van der Waals surface area contributed by atoms with Gasteiger partial charge in [0.1, 0.15) is 0 Å². The van der Waals surface area contributed by atoms with Crippen LogP contribution in [0.2, 0.25) is 0 Å². The van der Waals surface area contributed by atoms with Crippen LogP contribution in [-0.2, 0) is 21.2 Å². The SMILES string of the molecule is CCc1cc(C(=O)Nc2cccc(S(=O)(=O)N3CCOCC3)c2)sc1C. The van der Waals surface area contributed by atoms with E-state index in [0.29, 0.717) is 36.9 Å². The number of morpholine rings is 1. The van der Waals surface area contributed by atoms with E-state index in [1.807, 2.05) is 13.0 Å². The summed E-state index contributed by atoms with van der Waals surface area (Å²) >= 11 is 1.45. The molecule has 0 atom stereocenters. The van der Waals surface area contributed by atoms with Gasteiger partial charge < -0.3 is 10.1 Å². The van der Waals surface area contributed by atoms with Gasteiger partial charge in [-0.25, -0.2) is 8.42 Å². The Morgan fingerprint density at radius 3 is 2.65 bits per heavy atom. The van der Waals surface area contributed by atoms with E-state index in [1.165, 1.54) is 21.7 Å². The topological polar surface area (TPSA) is 75.7 Å². The normalized spacial score (nSPS) is 15.8. The van der Waals surface area contributed by atoms with E-state index < -0.39 is 10.0 Å². The van der Waals surface area contributed by atoms with Crippen molar-refractivity contribution >= 4 is 33.0 Å². The Hall–Kier alpha value is -1.74. The highest BCUT2D eigenvalue weighted by Gasteiger charge is 2.26. The zero-order chi connectivity index (χ0) is 18.7. The zero-order valence-electron chi connectivity index (χ0n) is 14.8. The van der Waals surface area contributed by atoms with Crippen LogP contribution in [0.4, 0.5) is 5.69 Å². The van der Waals surface area contributed by atoms with E-state index in [9.17, 15) is 13.2 Å². The number of sulfonamides is 1. The van der Waals surface area contributed by atoms with Crippen LogP contribution in [-0.4, -0.2) is 44.9 Å². The van der Waals surface area contributed by atoms with Crippen molar-refractivity contribution in [1.82, 2.24) is 4.31 Å². The van der Waals surface area contributed by atoms with Gasteiger partial charge in [-0.1, -0.05) is 13.0 Å². The molecule has 0 radical (unpaired) electrons. The van der Waals surface area contributed by atoms with Crippen molar-refractivity contribution < 1.29 is 17.9 Å². The number of carbonyl (C=O) groups excluding carboxylic acids is 1. The zero-order valence-corrected chi connectivity index (χ0v) is 16.5. The summed E-state index contributed by atoms with van der Waals surface area (Å²) < 4.78 is 32.1. The van der Waals surface area contributed by atoms with Gasteiger partial charge in [-0.05, 0) is 43.2 Å². The second-order valence-corrected chi connectivity index (χ2v) is 9.24. The number of thiophene rings is 1. The quantitative estimate of drug-likeness (QED) is 0.846. The maximum atomic E-state index is 12.7. The summed E-state index contributed by atoms with van der Waals surface area (Å²) in [6.45, 7) is 5.52. The van der Waals surface area contributed by atoms with Gasteiger partial charge in [-0.15, -0.1) is 11.3 Å². The number of benzene rings is 1. The maximum Gasteiger partial charge on any atom is 0.265 e. The molecule has 1 aliphatic rings. The molecule has 1 aromatic carbocycles. The lowest BCUT2D eigenvalue weighted by molar-refractivity contribution is 0.0730. The molecule has 26 heavy (non-hydrogen) atoms. The second kappa shape index (κ2) is 7.87.